The molecule has 0 aliphatic carbocycles. The van der Waals surface area contributed by atoms with E-state index in [1.807, 2.05) is 0 Å². The van der Waals surface area contributed by atoms with Crippen molar-refractivity contribution in [2.45, 2.75) is 32.2 Å². The molecule has 1 N–H and O–H groups in total. The van der Waals surface area contributed by atoms with Crippen LogP contribution in [0.25, 0.3) is 0 Å². The molecule has 2 rings (SSSR count). The van der Waals surface area contributed by atoms with Crippen molar-refractivity contribution in [1.82, 2.24) is 5.32 Å². The molecule has 0 amide bonds. The van der Waals surface area contributed by atoms with Gasteiger partial charge in [-0.15, -0.1) is 0 Å². The Labute approximate surface area is 116 Å². The first-order valence-corrected chi connectivity index (χ1v) is 7.19. The second kappa shape index (κ2) is 7.75. The lowest BCUT2D eigenvalue weighted by atomic mass is 10.0. The highest BCUT2D eigenvalue weighted by Crippen LogP contribution is 2.06. The highest BCUT2D eigenvalue weighted by Gasteiger charge is 2.06. The molecule has 0 radical (unpaired) electrons. The predicted molar refractivity (Wildman–Crippen MR) is 82.4 cm³/mol. The maximum Gasteiger partial charge on any atom is 0.0105 e. The lowest BCUT2D eigenvalue weighted by molar-refractivity contribution is 0.498. The van der Waals surface area contributed by atoms with Crippen molar-refractivity contribution < 1.29 is 0 Å². The summed E-state index contributed by atoms with van der Waals surface area (Å²) in [5, 5.41) is 3.67. The van der Waals surface area contributed by atoms with Gasteiger partial charge in [0, 0.05) is 6.04 Å². The number of rotatable bonds is 7. The third-order valence-electron chi connectivity index (χ3n) is 3.51. The molecule has 0 spiro atoms. The molecule has 1 heteroatoms. The van der Waals surface area contributed by atoms with Gasteiger partial charge in [0.1, 0.15) is 0 Å². The molecule has 0 aliphatic rings. The monoisotopic (exact) mass is 253 g/mol. The van der Waals surface area contributed by atoms with Crippen molar-refractivity contribution in [1.29, 1.82) is 0 Å². The van der Waals surface area contributed by atoms with Crippen LogP contribution in [0.4, 0.5) is 0 Å². The lowest BCUT2D eigenvalue weighted by Crippen LogP contribution is -2.32. The van der Waals surface area contributed by atoms with Gasteiger partial charge in [-0.05, 0) is 36.9 Å². The van der Waals surface area contributed by atoms with Crippen LogP contribution in [0, 0.1) is 0 Å². The second-order valence-electron chi connectivity index (χ2n) is 4.98. The molecule has 0 saturated heterocycles. The molecule has 2 aromatic carbocycles. The van der Waals surface area contributed by atoms with Gasteiger partial charge in [0.25, 0.3) is 0 Å². The minimum Gasteiger partial charge on any atom is -0.313 e. The molecule has 100 valence electrons. The van der Waals surface area contributed by atoms with E-state index >= 15 is 0 Å². The summed E-state index contributed by atoms with van der Waals surface area (Å²) in [6.45, 7) is 3.30. The standard InChI is InChI=1S/C18H23N/c1-2-18(15-17-11-7-4-8-12-17)19-14-13-16-9-5-3-6-10-16/h3-12,18-19H,2,13-15H2,1H3. The normalized spacial score (nSPS) is 12.3. The third-order valence-corrected chi connectivity index (χ3v) is 3.51. The Morgan fingerprint density at radius 1 is 0.842 bits per heavy atom. The van der Waals surface area contributed by atoms with E-state index in [0.29, 0.717) is 6.04 Å². The van der Waals surface area contributed by atoms with Crippen LogP contribution in [0.15, 0.2) is 60.7 Å². The zero-order valence-electron chi connectivity index (χ0n) is 11.7. The first-order chi connectivity index (χ1) is 9.38. The van der Waals surface area contributed by atoms with Crippen LogP contribution in [0.2, 0.25) is 0 Å². The van der Waals surface area contributed by atoms with Crippen LogP contribution in [0.1, 0.15) is 24.5 Å². The Kier molecular flexibility index (Phi) is 5.64. The van der Waals surface area contributed by atoms with Gasteiger partial charge < -0.3 is 5.32 Å². The molecule has 0 heterocycles. The van der Waals surface area contributed by atoms with Crippen molar-refractivity contribution in [3.05, 3.63) is 71.8 Å². The van der Waals surface area contributed by atoms with E-state index in [9.17, 15) is 0 Å². The van der Waals surface area contributed by atoms with Crippen LogP contribution >= 0.6 is 0 Å². The first kappa shape index (κ1) is 13.8. The largest absolute Gasteiger partial charge is 0.313 e. The summed E-state index contributed by atoms with van der Waals surface area (Å²) in [6.07, 6.45) is 3.39. The minimum atomic E-state index is 0.575. The van der Waals surface area contributed by atoms with E-state index in [2.05, 4.69) is 72.9 Å². The fraction of sp³-hybridized carbons (Fsp3) is 0.333. The molecule has 19 heavy (non-hydrogen) atoms. The fourth-order valence-corrected chi connectivity index (χ4v) is 2.32. The van der Waals surface area contributed by atoms with Gasteiger partial charge in [0.15, 0.2) is 0 Å². The molecule has 1 nitrogen and oxygen atoms in total. The molecular weight excluding hydrogens is 230 g/mol. The number of benzene rings is 2. The van der Waals surface area contributed by atoms with E-state index in [0.717, 1.165) is 19.4 Å². The van der Waals surface area contributed by atoms with Crippen molar-refractivity contribution >= 4 is 0 Å². The quantitative estimate of drug-likeness (QED) is 0.790. The van der Waals surface area contributed by atoms with Gasteiger partial charge in [-0.3, -0.25) is 0 Å². The van der Waals surface area contributed by atoms with Crippen molar-refractivity contribution in [3.63, 3.8) is 0 Å². The molecule has 0 aliphatic heterocycles. The molecule has 0 saturated carbocycles. The summed E-state index contributed by atoms with van der Waals surface area (Å²) >= 11 is 0. The van der Waals surface area contributed by atoms with Gasteiger partial charge >= 0.3 is 0 Å². The average molecular weight is 253 g/mol. The predicted octanol–water partition coefficient (Wildman–Crippen LogP) is 3.84. The summed E-state index contributed by atoms with van der Waals surface area (Å²) in [6, 6.07) is 22.0. The van der Waals surface area contributed by atoms with E-state index in [1.54, 1.807) is 0 Å². The smallest absolute Gasteiger partial charge is 0.0105 e. The van der Waals surface area contributed by atoms with Crippen LogP contribution < -0.4 is 5.32 Å². The van der Waals surface area contributed by atoms with Crippen LogP contribution in [0.3, 0.4) is 0 Å². The highest BCUT2D eigenvalue weighted by molar-refractivity contribution is 5.16. The highest BCUT2D eigenvalue weighted by atomic mass is 14.9. The van der Waals surface area contributed by atoms with Crippen LogP contribution in [0.5, 0.6) is 0 Å². The molecule has 2 aromatic rings. The summed E-state index contributed by atoms with van der Waals surface area (Å²) in [7, 11) is 0. The Bertz CT molecular complexity index is 450. The van der Waals surface area contributed by atoms with Crippen molar-refractivity contribution in [3.8, 4) is 0 Å². The van der Waals surface area contributed by atoms with Gasteiger partial charge in [0.2, 0.25) is 0 Å². The van der Waals surface area contributed by atoms with Crippen LogP contribution in [-0.2, 0) is 12.8 Å². The zero-order valence-corrected chi connectivity index (χ0v) is 11.7. The van der Waals surface area contributed by atoms with Crippen molar-refractivity contribution in [2.24, 2.45) is 0 Å². The SMILES string of the molecule is CCC(Cc1ccccc1)NCCc1ccccc1. The first-order valence-electron chi connectivity index (χ1n) is 7.19. The van der Waals surface area contributed by atoms with Gasteiger partial charge in [-0.25, -0.2) is 0 Å². The Morgan fingerprint density at radius 2 is 1.42 bits per heavy atom. The maximum absolute atomic E-state index is 3.67. The summed E-state index contributed by atoms with van der Waals surface area (Å²) in [5.74, 6) is 0. The molecule has 0 bridgehead atoms. The average Bonchev–Trinajstić information content (AvgIpc) is 2.48. The number of nitrogens with one attached hydrogen (secondary N) is 1. The summed E-state index contributed by atoms with van der Waals surface area (Å²) < 4.78 is 0. The van der Waals surface area contributed by atoms with Crippen LogP contribution in [-0.4, -0.2) is 12.6 Å². The molecule has 1 unspecified atom stereocenters. The molecule has 1 atom stereocenters. The Hall–Kier alpha value is -1.60. The molecule has 0 fully saturated rings. The minimum absolute atomic E-state index is 0.575. The van der Waals surface area contributed by atoms with E-state index in [4.69, 9.17) is 0 Å². The third kappa shape index (κ3) is 4.88. The summed E-state index contributed by atoms with van der Waals surface area (Å²) in [5.41, 5.74) is 2.83. The Balaban J connectivity index is 1.77. The number of hydrogen-bond donors (Lipinski definition) is 1. The summed E-state index contributed by atoms with van der Waals surface area (Å²) in [4.78, 5) is 0. The van der Waals surface area contributed by atoms with E-state index in [1.165, 1.54) is 17.5 Å². The van der Waals surface area contributed by atoms with E-state index in [-0.39, 0.29) is 0 Å². The van der Waals surface area contributed by atoms with Gasteiger partial charge in [-0.1, -0.05) is 67.6 Å². The van der Waals surface area contributed by atoms with Crippen molar-refractivity contribution in [2.75, 3.05) is 6.54 Å². The molecule has 0 aromatic heterocycles. The lowest BCUT2D eigenvalue weighted by Gasteiger charge is -2.17. The zero-order chi connectivity index (χ0) is 13.3. The molecular formula is C18H23N. The maximum atomic E-state index is 3.67. The number of hydrogen-bond acceptors (Lipinski definition) is 1. The van der Waals surface area contributed by atoms with E-state index < -0.39 is 0 Å². The van der Waals surface area contributed by atoms with Gasteiger partial charge in [-0.2, -0.15) is 0 Å². The fourth-order valence-electron chi connectivity index (χ4n) is 2.32. The van der Waals surface area contributed by atoms with Gasteiger partial charge in [0.05, 0.1) is 0 Å². The second-order valence-corrected chi connectivity index (χ2v) is 4.98. The Morgan fingerprint density at radius 3 is 2.00 bits per heavy atom. The topological polar surface area (TPSA) is 12.0 Å².